The molecule has 4 heteroatoms. The summed E-state index contributed by atoms with van der Waals surface area (Å²) in [5, 5.41) is 7.89. The number of nitrogen functional groups attached to an aromatic ring is 1. The molecule has 114 valence electrons. The predicted octanol–water partition coefficient (Wildman–Crippen LogP) is 4.27. The summed E-state index contributed by atoms with van der Waals surface area (Å²) in [6.45, 7) is 7.17. The van der Waals surface area contributed by atoms with Gasteiger partial charge in [0.15, 0.2) is 5.82 Å². The van der Waals surface area contributed by atoms with Gasteiger partial charge in [-0.05, 0) is 43.9 Å². The lowest BCUT2D eigenvalue weighted by Gasteiger charge is -2.11. The van der Waals surface area contributed by atoms with E-state index in [2.05, 4.69) is 48.5 Å². The molecule has 0 spiro atoms. The van der Waals surface area contributed by atoms with E-state index < -0.39 is 0 Å². The molecule has 0 fully saturated rings. The predicted molar refractivity (Wildman–Crippen MR) is 90.0 cm³/mol. The number of benzene rings is 1. The van der Waals surface area contributed by atoms with Crippen molar-refractivity contribution in [3.8, 4) is 0 Å². The second-order valence-corrected chi connectivity index (χ2v) is 5.50. The summed E-state index contributed by atoms with van der Waals surface area (Å²) >= 11 is 0. The van der Waals surface area contributed by atoms with Crippen LogP contribution < -0.4 is 11.1 Å². The molecule has 1 aromatic carbocycles. The summed E-state index contributed by atoms with van der Waals surface area (Å²) in [4.78, 5) is 0. The zero-order chi connectivity index (χ0) is 15.2. The normalized spacial score (nSPS) is 10.8. The Morgan fingerprint density at radius 3 is 2.48 bits per heavy atom. The van der Waals surface area contributed by atoms with Crippen molar-refractivity contribution in [1.29, 1.82) is 0 Å². The number of anilines is 3. The third-order valence-electron chi connectivity index (χ3n) is 3.64. The van der Waals surface area contributed by atoms with Crippen LogP contribution in [0.2, 0.25) is 0 Å². The molecule has 3 N–H and O–H groups in total. The van der Waals surface area contributed by atoms with Crippen LogP contribution in [0.3, 0.4) is 0 Å². The fourth-order valence-corrected chi connectivity index (χ4v) is 2.37. The molecule has 21 heavy (non-hydrogen) atoms. The Kier molecular flexibility index (Phi) is 5.26. The van der Waals surface area contributed by atoms with Crippen molar-refractivity contribution in [3.05, 3.63) is 35.5 Å². The van der Waals surface area contributed by atoms with E-state index in [1.807, 2.05) is 11.6 Å². The van der Waals surface area contributed by atoms with Gasteiger partial charge in [0, 0.05) is 12.2 Å². The van der Waals surface area contributed by atoms with Gasteiger partial charge in [-0.1, -0.05) is 32.4 Å². The number of aryl methyl sites for hydroxylation is 3. The van der Waals surface area contributed by atoms with E-state index in [1.54, 1.807) is 0 Å². The lowest BCUT2D eigenvalue weighted by molar-refractivity contribution is 0.605. The van der Waals surface area contributed by atoms with E-state index in [-0.39, 0.29) is 0 Å². The second kappa shape index (κ2) is 7.16. The highest BCUT2D eigenvalue weighted by Gasteiger charge is 2.12. The first-order valence-corrected chi connectivity index (χ1v) is 7.84. The summed E-state index contributed by atoms with van der Waals surface area (Å²) in [6, 6.07) is 8.59. The molecular weight excluding hydrogens is 260 g/mol. The van der Waals surface area contributed by atoms with Gasteiger partial charge in [0.25, 0.3) is 0 Å². The molecule has 0 amide bonds. The van der Waals surface area contributed by atoms with Gasteiger partial charge in [-0.25, -0.2) is 4.68 Å². The lowest BCUT2D eigenvalue weighted by atomic mass is 10.1. The first-order valence-electron chi connectivity index (χ1n) is 7.84. The highest BCUT2D eigenvalue weighted by molar-refractivity contribution is 5.71. The molecule has 0 unspecified atom stereocenters. The van der Waals surface area contributed by atoms with Gasteiger partial charge in [0.1, 0.15) is 0 Å². The zero-order valence-corrected chi connectivity index (χ0v) is 13.3. The van der Waals surface area contributed by atoms with Crippen molar-refractivity contribution in [2.24, 2.45) is 0 Å². The van der Waals surface area contributed by atoms with E-state index in [1.165, 1.54) is 18.4 Å². The Morgan fingerprint density at radius 1 is 1.14 bits per heavy atom. The van der Waals surface area contributed by atoms with Crippen molar-refractivity contribution in [3.63, 3.8) is 0 Å². The molecule has 0 aliphatic rings. The third kappa shape index (κ3) is 3.78. The molecule has 4 nitrogen and oxygen atoms in total. The van der Waals surface area contributed by atoms with Gasteiger partial charge in [-0.2, -0.15) is 5.10 Å². The van der Waals surface area contributed by atoms with E-state index in [0.717, 1.165) is 42.3 Å². The second-order valence-electron chi connectivity index (χ2n) is 5.50. The Bertz CT molecular complexity index is 569. The maximum atomic E-state index is 6.13. The van der Waals surface area contributed by atoms with Crippen LogP contribution in [0.4, 0.5) is 17.2 Å². The molecule has 0 atom stereocenters. The Labute approximate surface area is 127 Å². The molecule has 1 aromatic heterocycles. The fraction of sp³-hybridized carbons (Fsp3) is 0.471. The van der Waals surface area contributed by atoms with E-state index in [4.69, 9.17) is 5.73 Å². The first kappa shape index (κ1) is 15.4. The van der Waals surface area contributed by atoms with Crippen LogP contribution in [0, 0.1) is 6.92 Å². The highest BCUT2D eigenvalue weighted by Crippen LogP contribution is 2.26. The van der Waals surface area contributed by atoms with Gasteiger partial charge >= 0.3 is 0 Å². The molecule has 0 aliphatic heterocycles. The van der Waals surface area contributed by atoms with Gasteiger partial charge in [-0.3, -0.25) is 0 Å². The number of nitrogens with zero attached hydrogens (tertiary/aromatic N) is 2. The van der Waals surface area contributed by atoms with Crippen LogP contribution in [0.15, 0.2) is 24.3 Å². The summed E-state index contributed by atoms with van der Waals surface area (Å²) in [7, 11) is 0. The Morgan fingerprint density at radius 2 is 1.86 bits per heavy atom. The average molecular weight is 286 g/mol. The fourth-order valence-electron chi connectivity index (χ4n) is 2.37. The number of hydrogen-bond acceptors (Lipinski definition) is 3. The highest BCUT2D eigenvalue weighted by atomic mass is 15.3. The largest absolute Gasteiger partial charge is 0.394 e. The van der Waals surface area contributed by atoms with Crippen LogP contribution in [0.5, 0.6) is 0 Å². The van der Waals surface area contributed by atoms with Crippen LogP contribution in [-0.4, -0.2) is 9.78 Å². The van der Waals surface area contributed by atoms with Crippen LogP contribution in [-0.2, 0) is 13.0 Å². The number of rotatable bonds is 7. The van der Waals surface area contributed by atoms with Gasteiger partial charge < -0.3 is 11.1 Å². The van der Waals surface area contributed by atoms with Crippen LogP contribution in [0.25, 0.3) is 0 Å². The van der Waals surface area contributed by atoms with E-state index in [9.17, 15) is 0 Å². The van der Waals surface area contributed by atoms with Gasteiger partial charge in [0.05, 0.1) is 11.4 Å². The minimum atomic E-state index is 0.735. The van der Waals surface area contributed by atoms with Gasteiger partial charge in [0.2, 0.25) is 0 Å². The Balaban J connectivity index is 2.14. The number of aromatic nitrogens is 2. The number of nitrogens with two attached hydrogens (primary N) is 1. The molecule has 0 saturated heterocycles. The molecular formula is C17H26N4. The third-order valence-corrected chi connectivity index (χ3v) is 3.64. The quantitative estimate of drug-likeness (QED) is 0.799. The lowest BCUT2D eigenvalue weighted by Crippen LogP contribution is -2.05. The molecule has 2 rings (SSSR count). The average Bonchev–Trinajstić information content (AvgIpc) is 2.75. The first-order chi connectivity index (χ1) is 10.2. The maximum Gasteiger partial charge on any atom is 0.152 e. The zero-order valence-electron chi connectivity index (χ0n) is 13.3. The number of hydrogen-bond donors (Lipinski definition) is 2. The summed E-state index contributed by atoms with van der Waals surface area (Å²) < 4.78 is 1.95. The topological polar surface area (TPSA) is 55.9 Å². The molecule has 0 radical (unpaired) electrons. The summed E-state index contributed by atoms with van der Waals surface area (Å²) in [6.07, 6.45) is 4.64. The smallest absolute Gasteiger partial charge is 0.152 e. The van der Waals surface area contributed by atoms with Gasteiger partial charge in [-0.15, -0.1) is 0 Å². The Hall–Kier alpha value is -1.97. The van der Waals surface area contributed by atoms with Crippen LogP contribution in [0.1, 0.15) is 44.4 Å². The number of nitrogens with one attached hydrogen (secondary N) is 1. The van der Waals surface area contributed by atoms with Crippen molar-refractivity contribution in [2.45, 2.75) is 53.0 Å². The van der Waals surface area contributed by atoms with E-state index in [0.29, 0.717) is 0 Å². The minimum absolute atomic E-state index is 0.735. The molecule has 1 heterocycles. The SMILES string of the molecule is CCCCc1ccc(Nc2c(N)c(C)nn2CCC)cc1. The van der Waals surface area contributed by atoms with Crippen molar-refractivity contribution in [1.82, 2.24) is 9.78 Å². The standard InChI is InChI=1S/C17H26N4/c1-4-6-7-14-8-10-15(11-9-14)19-17-16(18)13(3)20-21(17)12-5-2/h8-11,19H,4-7,12,18H2,1-3H3. The summed E-state index contributed by atoms with van der Waals surface area (Å²) in [5.74, 6) is 0.899. The maximum absolute atomic E-state index is 6.13. The molecule has 0 aliphatic carbocycles. The van der Waals surface area contributed by atoms with Crippen molar-refractivity contribution >= 4 is 17.2 Å². The van der Waals surface area contributed by atoms with Crippen LogP contribution >= 0.6 is 0 Å². The van der Waals surface area contributed by atoms with Crippen molar-refractivity contribution < 1.29 is 0 Å². The number of unbranched alkanes of at least 4 members (excludes halogenated alkanes) is 1. The molecule has 2 aromatic rings. The minimum Gasteiger partial charge on any atom is -0.394 e. The summed E-state index contributed by atoms with van der Waals surface area (Å²) in [5.41, 5.74) is 10.2. The van der Waals surface area contributed by atoms with E-state index >= 15 is 0 Å². The molecule has 0 saturated carbocycles. The monoisotopic (exact) mass is 286 g/mol. The molecule has 0 bridgehead atoms. The van der Waals surface area contributed by atoms with Crippen molar-refractivity contribution in [2.75, 3.05) is 11.1 Å².